The first kappa shape index (κ1) is 16.6. The molecule has 1 saturated heterocycles. The van der Waals surface area contributed by atoms with Gasteiger partial charge in [-0.2, -0.15) is 4.98 Å². The van der Waals surface area contributed by atoms with Gasteiger partial charge in [0.05, 0.1) is 17.1 Å². The highest BCUT2D eigenvalue weighted by Gasteiger charge is 2.20. The van der Waals surface area contributed by atoms with E-state index in [0.29, 0.717) is 18.3 Å². The van der Waals surface area contributed by atoms with Crippen LogP contribution < -0.4 is 0 Å². The molecule has 0 N–H and O–H groups in total. The minimum absolute atomic E-state index is 0.686. The second kappa shape index (κ2) is 7.22. The van der Waals surface area contributed by atoms with Gasteiger partial charge in [0.25, 0.3) is 0 Å². The van der Waals surface area contributed by atoms with E-state index in [0.717, 1.165) is 48.9 Å². The maximum absolute atomic E-state index is 5.42. The van der Waals surface area contributed by atoms with Crippen molar-refractivity contribution in [1.29, 1.82) is 0 Å². The average Bonchev–Trinajstić information content (AvgIpc) is 3.43. The molecule has 138 valence electrons. The van der Waals surface area contributed by atoms with E-state index < -0.39 is 0 Å². The molecule has 0 unspecified atom stereocenters. The molecule has 7 nitrogen and oxygen atoms in total. The Hall–Kier alpha value is -2.55. The maximum atomic E-state index is 5.42. The van der Waals surface area contributed by atoms with Crippen molar-refractivity contribution in [2.24, 2.45) is 0 Å². The van der Waals surface area contributed by atoms with Crippen LogP contribution in [0.4, 0.5) is 0 Å². The Morgan fingerprint density at radius 1 is 0.963 bits per heavy atom. The molecule has 5 rings (SSSR count). The second-order valence-electron chi connectivity index (χ2n) is 6.74. The molecule has 1 fully saturated rings. The first-order valence-electron chi connectivity index (χ1n) is 9.07. The van der Waals surface area contributed by atoms with Crippen LogP contribution in [0.3, 0.4) is 0 Å². The van der Waals surface area contributed by atoms with Crippen LogP contribution in [-0.4, -0.2) is 55.5 Å². The number of fused-ring (bicyclic) bond motifs is 1. The maximum Gasteiger partial charge on any atom is 0.241 e. The van der Waals surface area contributed by atoms with Crippen LogP contribution in [0.1, 0.15) is 11.6 Å². The SMILES string of the molecule is c1csc(-c2noc(CN3CCN(Cc4cn5ccccc5n4)CC3)n2)c1. The van der Waals surface area contributed by atoms with Crippen molar-refractivity contribution in [1.82, 2.24) is 29.3 Å². The van der Waals surface area contributed by atoms with Crippen LogP contribution in [0.25, 0.3) is 16.3 Å². The fourth-order valence-electron chi connectivity index (χ4n) is 3.41. The Bertz CT molecular complexity index is 983. The molecule has 4 aromatic heterocycles. The molecule has 4 aromatic rings. The second-order valence-corrected chi connectivity index (χ2v) is 7.69. The van der Waals surface area contributed by atoms with Crippen LogP contribution in [0.5, 0.6) is 0 Å². The summed E-state index contributed by atoms with van der Waals surface area (Å²) >= 11 is 1.63. The highest BCUT2D eigenvalue weighted by atomic mass is 32.1. The molecule has 0 aromatic carbocycles. The van der Waals surface area contributed by atoms with E-state index in [9.17, 15) is 0 Å². The highest BCUT2D eigenvalue weighted by Crippen LogP contribution is 2.21. The van der Waals surface area contributed by atoms with Crippen molar-refractivity contribution in [2.45, 2.75) is 13.1 Å². The minimum Gasteiger partial charge on any atom is -0.338 e. The predicted octanol–water partition coefficient (Wildman–Crippen LogP) is 2.76. The normalized spacial score (nSPS) is 16.3. The zero-order valence-electron chi connectivity index (χ0n) is 14.9. The monoisotopic (exact) mass is 380 g/mol. The molecule has 0 radical (unpaired) electrons. The number of thiophene rings is 1. The first-order chi connectivity index (χ1) is 13.3. The number of hydrogen-bond acceptors (Lipinski definition) is 7. The number of nitrogens with zero attached hydrogens (tertiary/aromatic N) is 6. The summed E-state index contributed by atoms with van der Waals surface area (Å²) in [5, 5.41) is 6.11. The number of imidazole rings is 1. The van der Waals surface area contributed by atoms with E-state index in [1.165, 1.54) is 0 Å². The summed E-state index contributed by atoms with van der Waals surface area (Å²) in [6.45, 7) is 5.60. The third-order valence-corrected chi connectivity index (χ3v) is 5.70. The van der Waals surface area contributed by atoms with Gasteiger partial charge in [-0.25, -0.2) is 4.98 Å². The highest BCUT2D eigenvalue weighted by molar-refractivity contribution is 7.13. The Kier molecular flexibility index (Phi) is 4.44. The number of rotatable bonds is 5. The molecule has 1 aliphatic rings. The van der Waals surface area contributed by atoms with Gasteiger partial charge in [0.15, 0.2) is 0 Å². The predicted molar refractivity (Wildman–Crippen MR) is 103 cm³/mol. The number of piperazine rings is 1. The van der Waals surface area contributed by atoms with E-state index in [1.54, 1.807) is 11.3 Å². The lowest BCUT2D eigenvalue weighted by molar-refractivity contribution is 0.111. The minimum atomic E-state index is 0.686. The van der Waals surface area contributed by atoms with Crippen LogP contribution in [0, 0.1) is 0 Å². The summed E-state index contributed by atoms with van der Waals surface area (Å²) in [6.07, 6.45) is 4.16. The molecule has 0 saturated carbocycles. The zero-order valence-corrected chi connectivity index (χ0v) is 15.7. The molecule has 27 heavy (non-hydrogen) atoms. The average molecular weight is 380 g/mol. The van der Waals surface area contributed by atoms with E-state index in [-0.39, 0.29) is 0 Å². The largest absolute Gasteiger partial charge is 0.338 e. The van der Waals surface area contributed by atoms with E-state index in [2.05, 4.69) is 30.5 Å². The zero-order chi connectivity index (χ0) is 18.1. The van der Waals surface area contributed by atoms with Gasteiger partial charge < -0.3 is 8.92 Å². The molecule has 8 heteroatoms. The molecule has 0 spiro atoms. The molecule has 0 bridgehead atoms. The van der Waals surface area contributed by atoms with Gasteiger partial charge in [-0.3, -0.25) is 9.80 Å². The third-order valence-electron chi connectivity index (χ3n) is 4.83. The van der Waals surface area contributed by atoms with E-state index in [1.807, 2.05) is 41.9 Å². The number of hydrogen-bond donors (Lipinski definition) is 0. The van der Waals surface area contributed by atoms with Crippen molar-refractivity contribution < 1.29 is 4.52 Å². The van der Waals surface area contributed by atoms with Crippen molar-refractivity contribution >= 4 is 17.0 Å². The molecule has 0 atom stereocenters. The lowest BCUT2D eigenvalue weighted by Crippen LogP contribution is -2.45. The third kappa shape index (κ3) is 3.64. The summed E-state index contributed by atoms with van der Waals surface area (Å²) in [7, 11) is 0. The summed E-state index contributed by atoms with van der Waals surface area (Å²) in [5.41, 5.74) is 2.12. The number of pyridine rings is 1. The molecular formula is C19H20N6OS. The van der Waals surface area contributed by atoms with Crippen molar-refractivity contribution in [3.63, 3.8) is 0 Å². The number of aromatic nitrogens is 4. The van der Waals surface area contributed by atoms with Gasteiger partial charge in [-0.1, -0.05) is 17.3 Å². The van der Waals surface area contributed by atoms with Crippen LogP contribution >= 0.6 is 11.3 Å². The fourth-order valence-corrected chi connectivity index (χ4v) is 4.06. The van der Waals surface area contributed by atoms with Gasteiger partial charge in [-0.15, -0.1) is 11.3 Å². The summed E-state index contributed by atoms with van der Waals surface area (Å²) in [4.78, 5) is 15.1. The molecular weight excluding hydrogens is 360 g/mol. The molecule has 0 amide bonds. The Balaban J connectivity index is 1.16. The van der Waals surface area contributed by atoms with Crippen molar-refractivity contribution in [3.8, 4) is 10.7 Å². The van der Waals surface area contributed by atoms with Gasteiger partial charge in [0, 0.05) is 45.1 Å². The van der Waals surface area contributed by atoms with Gasteiger partial charge in [0.2, 0.25) is 11.7 Å². The topological polar surface area (TPSA) is 62.7 Å². The Morgan fingerprint density at radius 2 is 1.81 bits per heavy atom. The first-order valence-corrected chi connectivity index (χ1v) is 9.95. The van der Waals surface area contributed by atoms with Gasteiger partial charge in [0.1, 0.15) is 5.65 Å². The lowest BCUT2D eigenvalue weighted by Gasteiger charge is -2.33. The quantitative estimate of drug-likeness (QED) is 0.531. The van der Waals surface area contributed by atoms with Crippen LogP contribution in [0.15, 0.2) is 52.6 Å². The smallest absolute Gasteiger partial charge is 0.241 e. The van der Waals surface area contributed by atoms with Crippen LogP contribution in [-0.2, 0) is 13.1 Å². The van der Waals surface area contributed by atoms with E-state index in [4.69, 9.17) is 9.51 Å². The fraction of sp³-hybridized carbons (Fsp3) is 0.316. The van der Waals surface area contributed by atoms with Crippen LogP contribution in [0.2, 0.25) is 0 Å². The van der Waals surface area contributed by atoms with Crippen molar-refractivity contribution in [2.75, 3.05) is 26.2 Å². The molecule has 1 aliphatic heterocycles. The Morgan fingerprint density at radius 3 is 2.59 bits per heavy atom. The lowest BCUT2D eigenvalue weighted by atomic mass is 10.3. The summed E-state index contributed by atoms with van der Waals surface area (Å²) in [5.74, 6) is 1.37. The Labute approximate surface area is 160 Å². The van der Waals surface area contributed by atoms with Gasteiger partial charge >= 0.3 is 0 Å². The molecule has 5 heterocycles. The summed E-state index contributed by atoms with van der Waals surface area (Å²) < 4.78 is 7.50. The standard InChI is InChI=1S/C19H20N6OS/c1-2-6-25-13-15(20-17(25)5-1)12-23-7-9-24(10-8-23)14-18-21-19(22-26-18)16-4-3-11-27-16/h1-6,11,13H,7-10,12,14H2. The van der Waals surface area contributed by atoms with Gasteiger partial charge in [-0.05, 0) is 23.6 Å². The molecule has 0 aliphatic carbocycles. The summed E-state index contributed by atoms with van der Waals surface area (Å²) in [6, 6.07) is 10.1. The van der Waals surface area contributed by atoms with E-state index >= 15 is 0 Å². The van der Waals surface area contributed by atoms with Crippen molar-refractivity contribution in [3.05, 3.63) is 59.7 Å².